The van der Waals surface area contributed by atoms with Gasteiger partial charge >= 0.3 is 0 Å². The van der Waals surface area contributed by atoms with E-state index in [-0.39, 0.29) is 5.56 Å². The second-order valence-electron chi connectivity index (χ2n) is 10.5. The highest BCUT2D eigenvalue weighted by molar-refractivity contribution is 6.09. The van der Waals surface area contributed by atoms with Crippen molar-refractivity contribution in [1.82, 2.24) is 5.01 Å². The zero-order valence-electron chi connectivity index (χ0n) is 23.2. The van der Waals surface area contributed by atoms with Gasteiger partial charge in [-0.2, -0.15) is 0 Å². The van der Waals surface area contributed by atoms with Crippen LogP contribution >= 0.6 is 0 Å². The molecule has 0 radical (unpaired) electrons. The molecule has 1 unspecified atom stereocenters. The summed E-state index contributed by atoms with van der Waals surface area (Å²) in [5.41, 5.74) is 2.70. The average Bonchev–Trinajstić information content (AvgIpc) is 2.90. The van der Waals surface area contributed by atoms with E-state index in [9.17, 15) is 9.59 Å². The maximum atomic E-state index is 12.8. The number of imide groups is 1. The van der Waals surface area contributed by atoms with E-state index in [1.165, 1.54) is 19.3 Å². The third-order valence-corrected chi connectivity index (χ3v) is 6.57. The fraction of sp³-hybridized carbons (Fsp3) is 0.375. The number of nitrogens with two attached hydrogens (primary N) is 1. The molecule has 3 rings (SSSR count). The highest BCUT2D eigenvalue weighted by Gasteiger charge is 2.21. The van der Waals surface area contributed by atoms with Gasteiger partial charge in [0.25, 0.3) is 11.8 Å². The summed E-state index contributed by atoms with van der Waals surface area (Å²) in [6.07, 6.45) is 4.69. The highest BCUT2D eigenvalue weighted by Crippen LogP contribution is 2.26. The Balaban J connectivity index is 1.51. The topological polar surface area (TPSA) is 81.9 Å². The molecule has 6 heteroatoms. The van der Waals surface area contributed by atoms with Gasteiger partial charge in [0.15, 0.2) is 0 Å². The molecule has 202 valence electrons. The first-order valence-corrected chi connectivity index (χ1v) is 13.4. The number of amides is 2. The van der Waals surface area contributed by atoms with E-state index >= 15 is 0 Å². The van der Waals surface area contributed by atoms with Crippen molar-refractivity contribution >= 4 is 11.8 Å². The Bertz CT molecular complexity index is 1200. The van der Waals surface area contributed by atoms with Crippen molar-refractivity contribution in [3.05, 3.63) is 89.0 Å². The number of hydrogen-bond acceptors (Lipinski definition) is 5. The Morgan fingerprint density at radius 1 is 0.789 bits per heavy atom. The molecule has 3 aromatic rings. The second-order valence-corrected chi connectivity index (χ2v) is 10.5. The minimum Gasteiger partial charge on any atom is -0.494 e. The monoisotopic (exact) mass is 516 g/mol. The maximum Gasteiger partial charge on any atom is 0.275 e. The molecule has 0 heterocycles. The molecule has 2 N–H and O–H groups in total. The fourth-order valence-corrected chi connectivity index (χ4v) is 4.07. The molecule has 0 aliphatic rings. The average molecular weight is 517 g/mol. The van der Waals surface area contributed by atoms with E-state index in [1.54, 1.807) is 48.5 Å². The molecule has 38 heavy (non-hydrogen) atoms. The van der Waals surface area contributed by atoms with Crippen LogP contribution in [-0.2, 0) is 0 Å². The van der Waals surface area contributed by atoms with Gasteiger partial charge in [0.2, 0.25) is 0 Å². The number of ether oxygens (including phenoxy) is 2. The van der Waals surface area contributed by atoms with Crippen LogP contribution in [0.25, 0.3) is 0 Å². The van der Waals surface area contributed by atoms with Crippen molar-refractivity contribution in [1.29, 1.82) is 0 Å². The molecule has 0 aliphatic carbocycles. The van der Waals surface area contributed by atoms with Crippen LogP contribution in [0.4, 0.5) is 0 Å². The van der Waals surface area contributed by atoms with Crippen LogP contribution in [0.3, 0.4) is 0 Å². The molecule has 0 spiro atoms. The number of rotatable bonds is 12. The van der Waals surface area contributed by atoms with Gasteiger partial charge in [-0.3, -0.25) is 9.59 Å². The molecule has 3 aromatic carbocycles. The zero-order valence-corrected chi connectivity index (χ0v) is 23.2. The Morgan fingerprint density at radius 3 is 1.95 bits per heavy atom. The summed E-state index contributed by atoms with van der Waals surface area (Å²) in [7, 11) is 0. The number of aryl methyl sites for hydroxylation is 2. The molecular formula is C32H40N2O4. The number of carbonyl (C=O) groups is 2. The Kier molecular flexibility index (Phi) is 10.5. The summed E-state index contributed by atoms with van der Waals surface area (Å²) in [5, 5.41) is 0.634. The molecule has 2 amide bonds. The van der Waals surface area contributed by atoms with E-state index < -0.39 is 11.8 Å². The van der Waals surface area contributed by atoms with Crippen molar-refractivity contribution < 1.29 is 19.1 Å². The smallest absolute Gasteiger partial charge is 0.275 e. The molecular weight excluding hydrogens is 476 g/mol. The Hall–Kier alpha value is -3.64. The Morgan fingerprint density at radius 2 is 1.37 bits per heavy atom. The van der Waals surface area contributed by atoms with Crippen LogP contribution in [0.2, 0.25) is 0 Å². The Labute approximate surface area is 226 Å². The normalized spacial score (nSPS) is 11.8. The lowest BCUT2D eigenvalue weighted by molar-refractivity contribution is 0.0615. The molecule has 0 fully saturated rings. The molecule has 0 saturated heterocycles. The van der Waals surface area contributed by atoms with Gasteiger partial charge in [-0.15, -0.1) is 0 Å². The van der Waals surface area contributed by atoms with Gasteiger partial charge in [0.05, 0.1) is 6.61 Å². The van der Waals surface area contributed by atoms with Crippen LogP contribution in [0.5, 0.6) is 17.2 Å². The first-order valence-electron chi connectivity index (χ1n) is 13.4. The third kappa shape index (κ3) is 8.45. The number of hydrazine groups is 1. The van der Waals surface area contributed by atoms with E-state index in [4.69, 9.17) is 15.3 Å². The minimum absolute atomic E-state index is 0.289. The lowest BCUT2D eigenvalue weighted by Gasteiger charge is -2.16. The van der Waals surface area contributed by atoms with Crippen molar-refractivity contribution in [2.24, 2.45) is 17.7 Å². The van der Waals surface area contributed by atoms with Gasteiger partial charge in [0, 0.05) is 11.1 Å². The van der Waals surface area contributed by atoms with E-state index in [0.29, 0.717) is 34.6 Å². The summed E-state index contributed by atoms with van der Waals surface area (Å²) in [6.45, 7) is 11.4. The van der Waals surface area contributed by atoms with Crippen LogP contribution in [0.15, 0.2) is 66.7 Å². The summed E-state index contributed by atoms with van der Waals surface area (Å²) >= 11 is 0. The zero-order chi connectivity index (χ0) is 27.7. The fourth-order valence-electron chi connectivity index (χ4n) is 4.07. The van der Waals surface area contributed by atoms with Crippen LogP contribution in [0.1, 0.15) is 78.3 Å². The molecule has 0 saturated carbocycles. The largest absolute Gasteiger partial charge is 0.494 e. The van der Waals surface area contributed by atoms with E-state index in [1.807, 2.05) is 32.0 Å². The number of benzene rings is 3. The quantitative estimate of drug-likeness (QED) is 0.117. The van der Waals surface area contributed by atoms with Crippen molar-refractivity contribution in [2.45, 2.75) is 60.3 Å². The standard InChI is InChI=1S/C32H40N2O4/c1-22(2)7-6-8-23(3)19-20-37-28-15-11-26(12-16-28)31(35)34(33)32(36)27-13-17-29(18-14-27)38-30-21-24(4)9-10-25(30)5/h9-18,21-23H,6-8,19-20,33H2,1-5H3. The maximum absolute atomic E-state index is 12.8. The lowest BCUT2D eigenvalue weighted by Crippen LogP contribution is -2.42. The predicted molar refractivity (Wildman–Crippen MR) is 152 cm³/mol. The van der Waals surface area contributed by atoms with Crippen LogP contribution < -0.4 is 15.3 Å². The van der Waals surface area contributed by atoms with Crippen molar-refractivity contribution in [3.63, 3.8) is 0 Å². The number of nitrogens with zero attached hydrogens (tertiary/aromatic N) is 1. The van der Waals surface area contributed by atoms with Gasteiger partial charge in [0.1, 0.15) is 17.2 Å². The molecule has 0 aromatic heterocycles. The van der Waals surface area contributed by atoms with Crippen molar-refractivity contribution in [3.8, 4) is 17.2 Å². The summed E-state index contributed by atoms with van der Waals surface area (Å²) in [6, 6.07) is 19.2. The minimum atomic E-state index is -0.597. The first kappa shape index (κ1) is 28.9. The van der Waals surface area contributed by atoms with Gasteiger partial charge < -0.3 is 9.47 Å². The number of carbonyl (C=O) groups excluding carboxylic acids is 2. The molecule has 1 atom stereocenters. The van der Waals surface area contributed by atoms with Crippen LogP contribution in [-0.4, -0.2) is 23.4 Å². The third-order valence-electron chi connectivity index (χ3n) is 6.57. The van der Waals surface area contributed by atoms with Gasteiger partial charge in [-0.05, 0) is 97.8 Å². The highest BCUT2D eigenvalue weighted by atomic mass is 16.5. The first-order chi connectivity index (χ1) is 18.1. The molecule has 0 bridgehead atoms. The molecule has 6 nitrogen and oxygen atoms in total. The van der Waals surface area contributed by atoms with Crippen LogP contribution in [0, 0.1) is 25.7 Å². The SMILES string of the molecule is Cc1ccc(C)c(Oc2ccc(C(=O)N(N)C(=O)c3ccc(OCCC(C)CCCC(C)C)cc3)cc2)c1. The summed E-state index contributed by atoms with van der Waals surface area (Å²) < 4.78 is 11.8. The van der Waals surface area contributed by atoms with Gasteiger partial charge in [-0.25, -0.2) is 10.9 Å². The van der Waals surface area contributed by atoms with E-state index in [2.05, 4.69) is 20.8 Å². The second kappa shape index (κ2) is 13.8. The summed E-state index contributed by atoms with van der Waals surface area (Å²) in [5.74, 6) is 8.10. The predicted octanol–water partition coefficient (Wildman–Crippen LogP) is 7.48. The number of hydrogen-bond donors (Lipinski definition) is 1. The van der Waals surface area contributed by atoms with Gasteiger partial charge in [-0.1, -0.05) is 52.2 Å². The van der Waals surface area contributed by atoms with E-state index in [0.717, 1.165) is 29.2 Å². The summed E-state index contributed by atoms with van der Waals surface area (Å²) in [4.78, 5) is 25.6. The molecule has 0 aliphatic heterocycles. The van der Waals surface area contributed by atoms with Crippen molar-refractivity contribution in [2.75, 3.05) is 6.61 Å². The lowest BCUT2D eigenvalue weighted by atomic mass is 9.98.